The van der Waals surface area contributed by atoms with Crippen molar-refractivity contribution in [2.75, 3.05) is 19.7 Å². The van der Waals surface area contributed by atoms with E-state index in [1.165, 1.54) is 6.42 Å². The van der Waals surface area contributed by atoms with Gasteiger partial charge in [0.05, 0.1) is 6.10 Å². The van der Waals surface area contributed by atoms with E-state index in [-0.39, 0.29) is 12.7 Å². The molecule has 1 rings (SSSR count). The highest BCUT2D eigenvalue weighted by molar-refractivity contribution is 5.68. The van der Waals surface area contributed by atoms with Gasteiger partial charge in [0.15, 0.2) is 0 Å². The number of piperidine rings is 1. The largest absolute Gasteiger partial charge is 0.480 e. The molecule has 1 heterocycles. The molecule has 0 saturated carbocycles. The molecule has 4 heteroatoms. The Kier molecular flexibility index (Phi) is 5.92. The minimum atomic E-state index is -0.875. The van der Waals surface area contributed by atoms with Gasteiger partial charge in [-0.3, -0.25) is 0 Å². The Balaban J connectivity index is 2.27. The number of rotatable bonds is 6. The molecule has 2 atom stereocenters. The number of nitrogens with zero attached hydrogens (tertiary/aromatic N) is 1. The molecule has 2 unspecified atom stereocenters. The average molecular weight is 243 g/mol. The lowest BCUT2D eigenvalue weighted by Crippen LogP contribution is -2.44. The summed E-state index contributed by atoms with van der Waals surface area (Å²) in [7, 11) is 0. The van der Waals surface area contributed by atoms with Gasteiger partial charge in [0.2, 0.25) is 0 Å². The normalized spacial score (nSPS) is 22.3. The Morgan fingerprint density at radius 2 is 2.00 bits per heavy atom. The van der Waals surface area contributed by atoms with Gasteiger partial charge in [-0.05, 0) is 25.7 Å². The molecular formula is C13H25NO3. The first kappa shape index (κ1) is 14.5. The van der Waals surface area contributed by atoms with Crippen LogP contribution in [0.3, 0.4) is 0 Å². The summed E-state index contributed by atoms with van der Waals surface area (Å²) in [6.07, 6.45) is 3.24. The Hall–Kier alpha value is -0.610. The molecule has 17 heavy (non-hydrogen) atoms. The van der Waals surface area contributed by atoms with E-state index >= 15 is 0 Å². The van der Waals surface area contributed by atoms with Gasteiger partial charge in [-0.15, -0.1) is 0 Å². The molecular weight excluding hydrogens is 218 g/mol. The Labute approximate surface area is 104 Å². The molecule has 1 aliphatic heterocycles. The third-order valence-electron chi connectivity index (χ3n) is 3.96. The lowest BCUT2D eigenvalue weighted by atomic mass is 9.96. The number of carbonyl (C=O) groups is 1. The van der Waals surface area contributed by atoms with E-state index in [1.54, 1.807) is 0 Å². The first-order valence-corrected chi connectivity index (χ1v) is 6.62. The van der Waals surface area contributed by atoms with Gasteiger partial charge in [-0.1, -0.05) is 20.3 Å². The zero-order valence-electron chi connectivity index (χ0n) is 11.2. The van der Waals surface area contributed by atoms with Crippen LogP contribution in [0.15, 0.2) is 0 Å². The second-order valence-corrected chi connectivity index (χ2v) is 5.07. The van der Waals surface area contributed by atoms with Crippen LogP contribution in [0.2, 0.25) is 0 Å². The Bertz CT molecular complexity index is 237. The van der Waals surface area contributed by atoms with Gasteiger partial charge < -0.3 is 14.7 Å². The molecule has 0 bridgehead atoms. The summed E-state index contributed by atoms with van der Waals surface area (Å²) in [4.78, 5) is 12.9. The van der Waals surface area contributed by atoms with E-state index in [4.69, 9.17) is 9.84 Å². The summed E-state index contributed by atoms with van der Waals surface area (Å²) >= 11 is 0. The van der Waals surface area contributed by atoms with E-state index in [0.717, 1.165) is 25.9 Å². The van der Waals surface area contributed by atoms with Gasteiger partial charge in [0.25, 0.3) is 0 Å². The fraction of sp³-hybridized carbons (Fsp3) is 0.923. The van der Waals surface area contributed by atoms with Gasteiger partial charge in [0, 0.05) is 19.1 Å². The Morgan fingerprint density at radius 1 is 1.41 bits per heavy atom. The number of hydrogen-bond acceptors (Lipinski definition) is 3. The van der Waals surface area contributed by atoms with Gasteiger partial charge >= 0.3 is 5.97 Å². The zero-order chi connectivity index (χ0) is 12.8. The molecule has 0 radical (unpaired) electrons. The van der Waals surface area contributed by atoms with E-state index in [9.17, 15) is 4.79 Å². The van der Waals surface area contributed by atoms with Crippen LogP contribution < -0.4 is 0 Å². The maximum absolute atomic E-state index is 10.4. The van der Waals surface area contributed by atoms with Crippen molar-refractivity contribution < 1.29 is 14.6 Å². The average Bonchev–Trinajstić information content (AvgIpc) is 2.35. The highest BCUT2D eigenvalue weighted by Gasteiger charge is 2.25. The van der Waals surface area contributed by atoms with Crippen LogP contribution in [-0.4, -0.2) is 47.8 Å². The van der Waals surface area contributed by atoms with Crippen molar-refractivity contribution in [3.05, 3.63) is 0 Å². The number of hydrogen-bond donors (Lipinski definition) is 1. The third kappa shape index (κ3) is 4.64. The maximum Gasteiger partial charge on any atom is 0.329 e. The van der Waals surface area contributed by atoms with Crippen LogP contribution in [0.1, 0.15) is 40.0 Å². The molecule has 0 aromatic rings. The lowest BCUT2D eigenvalue weighted by molar-refractivity contribution is -0.145. The predicted molar refractivity (Wildman–Crippen MR) is 67.1 cm³/mol. The molecule has 1 aliphatic rings. The van der Waals surface area contributed by atoms with Crippen LogP contribution in [0.25, 0.3) is 0 Å². The van der Waals surface area contributed by atoms with Crippen molar-refractivity contribution in [1.29, 1.82) is 0 Å². The summed E-state index contributed by atoms with van der Waals surface area (Å²) in [5.41, 5.74) is 0. The van der Waals surface area contributed by atoms with E-state index in [1.807, 2.05) is 0 Å². The minimum absolute atomic E-state index is 0.131. The molecule has 1 N–H and O–H groups in total. The SMILES string of the molecule is CCC(C)C(C)N1CCC(OCC(=O)O)CC1. The standard InChI is InChI=1S/C13H25NO3/c1-4-10(2)11(3)14-7-5-12(6-8-14)17-9-13(15)16/h10-12H,4-9H2,1-3H3,(H,15,16). The van der Waals surface area contributed by atoms with Crippen molar-refractivity contribution >= 4 is 5.97 Å². The minimum Gasteiger partial charge on any atom is -0.480 e. The third-order valence-corrected chi connectivity index (χ3v) is 3.96. The molecule has 0 aromatic carbocycles. The molecule has 0 aromatic heterocycles. The summed E-state index contributed by atoms with van der Waals surface area (Å²) in [6, 6.07) is 0.612. The van der Waals surface area contributed by atoms with E-state index in [0.29, 0.717) is 12.0 Å². The first-order chi connectivity index (χ1) is 8.04. The van der Waals surface area contributed by atoms with Crippen LogP contribution in [-0.2, 0) is 9.53 Å². The lowest BCUT2D eigenvalue weighted by Gasteiger charge is -2.38. The number of likely N-dealkylation sites (tertiary alicyclic amines) is 1. The number of carboxylic acids is 1. The van der Waals surface area contributed by atoms with Crippen LogP contribution in [0, 0.1) is 5.92 Å². The number of aliphatic carboxylic acids is 1. The highest BCUT2D eigenvalue weighted by Crippen LogP contribution is 2.20. The molecule has 0 aliphatic carbocycles. The summed E-state index contributed by atoms with van der Waals surface area (Å²) < 4.78 is 5.33. The predicted octanol–water partition coefficient (Wildman–Crippen LogP) is 1.99. The van der Waals surface area contributed by atoms with Crippen molar-refractivity contribution in [1.82, 2.24) is 4.90 Å². The zero-order valence-corrected chi connectivity index (χ0v) is 11.2. The van der Waals surface area contributed by atoms with E-state index < -0.39 is 5.97 Å². The fourth-order valence-corrected chi connectivity index (χ4v) is 2.34. The van der Waals surface area contributed by atoms with Crippen molar-refractivity contribution in [2.24, 2.45) is 5.92 Å². The van der Waals surface area contributed by atoms with E-state index in [2.05, 4.69) is 25.7 Å². The number of carboxylic acid groups (broad SMARTS) is 1. The smallest absolute Gasteiger partial charge is 0.329 e. The first-order valence-electron chi connectivity index (χ1n) is 6.62. The molecule has 1 fully saturated rings. The second kappa shape index (κ2) is 6.97. The molecule has 4 nitrogen and oxygen atoms in total. The maximum atomic E-state index is 10.4. The van der Waals surface area contributed by atoms with Crippen molar-refractivity contribution in [3.63, 3.8) is 0 Å². The second-order valence-electron chi connectivity index (χ2n) is 5.07. The quantitative estimate of drug-likeness (QED) is 0.775. The van der Waals surface area contributed by atoms with Crippen molar-refractivity contribution in [2.45, 2.75) is 52.2 Å². The van der Waals surface area contributed by atoms with Gasteiger partial charge in [-0.25, -0.2) is 4.79 Å². The molecule has 1 saturated heterocycles. The van der Waals surface area contributed by atoms with Crippen LogP contribution in [0.4, 0.5) is 0 Å². The highest BCUT2D eigenvalue weighted by atomic mass is 16.5. The monoisotopic (exact) mass is 243 g/mol. The van der Waals surface area contributed by atoms with Crippen LogP contribution >= 0.6 is 0 Å². The Morgan fingerprint density at radius 3 is 2.47 bits per heavy atom. The fourth-order valence-electron chi connectivity index (χ4n) is 2.34. The van der Waals surface area contributed by atoms with Gasteiger partial charge in [0.1, 0.15) is 6.61 Å². The van der Waals surface area contributed by atoms with Crippen molar-refractivity contribution in [3.8, 4) is 0 Å². The van der Waals surface area contributed by atoms with Gasteiger partial charge in [-0.2, -0.15) is 0 Å². The molecule has 0 spiro atoms. The summed E-state index contributed by atoms with van der Waals surface area (Å²) in [6.45, 7) is 8.69. The molecule has 100 valence electrons. The summed E-state index contributed by atoms with van der Waals surface area (Å²) in [5.74, 6) is -0.160. The topological polar surface area (TPSA) is 49.8 Å². The molecule has 0 amide bonds. The van der Waals surface area contributed by atoms with Crippen LogP contribution in [0.5, 0.6) is 0 Å². The summed E-state index contributed by atoms with van der Waals surface area (Å²) in [5, 5.41) is 8.55. The number of ether oxygens (including phenoxy) is 1.